The van der Waals surface area contributed by atoms with Crippen molar-refractivity contribution in [3.05, 3.63) is 92.9 Å². The molecule has 0 bridgehead atoms. The molecule has 3 aromatic carbocycles. The first-order valence-electron chi connectivity index (χ1n) is 12.7. The van der Waals surface area contributed by atoms with E-state index in [1.54, 1.807) is 43.3 Å². The number of nitrogens with one attached hydrogen (secondary N) is 1. The standard InChI is InChI=1S/C29H32Cl3N3O4S/c1-5-20(3)33-29(37)21(4)34(17-22-8-6-7-9-27(22)32)28(36)18-35(25-15-23(30)14-24(31)16-25)40(38,39)26-12-10-19(2)11-13-26/h6-16,20-21H,5,17-18H2,1-4H3,(H,33,37)/t20-,21+/m1/s1. The predicted octanol–water partition coefficient (Wildman–Crippen LogP) is 6.48. The molecule has 0 fully saturated rings. The number of benzene rings is 3. The molecule has 1 N–H and O–H groups in total. The van der Waals surface area contributed by atoms with Gasteiger partial charge in [0.15, 0.2) is 0 Å². The van der Waals surface area contributed by atoms with E-state index in [0.29, 0.717) is 17.0 Å². The third-order valence-corrected chi connectivity index (χ3v) is 9.08. The molecule has 0 saturated carbocycles. The van der Waals surface area contributed by atoms with Crippen LogP contribution in [0, 0.1) is 6.92 Å². The molecule has 0 spiro atoms. The maximum absolute atomic E-state index is 14.0. The maximum atomic E-state index is 14.0. The first kappa shape index (κ1) is 31.7. The number of hydrogen-bond acceptors (Lipinski definition) is 4. The van der Waals surface area contributed by atoms with Gasteiger partial charge in [-0.05, 0) is 69.2 Å². The van der Waals surface area contributed by atoms with Gasteiger partial charge in [0.25, 0.3) is 10.0 Å². The van der Waals surface area contributed by atoms with Gasteiger partial charge in [-0.1, -0.05) is 77.6 Å². The first-order valence-corrected chi connectivity index (χ1v) is 15.3. The summed E-state index contributed by atoms with van der Waals surface area (Å²) in [6.07, 6.45) is 0.703. The number of aryl methyl sites for hydroxylation is 1. The van der Waals surface area contributed by atoms with Gasteiger partial charge in [-0.25, -0.2) is 8.42 Å². The molecule has 2 amide bonds. The van der Waals surface area contributed by atoms with Gasteiger partial charge >= 0.3 is 0 Å². The molecule has 0 heterocycles. The van der Waals surface area contributed by atoms with E-state index >= 15 is 0 Å². The minimum Gasteiger partial charge on any atom is -0.352 e. The van der Waals surface area contributed by atoms with E-state index in [0.717, 1.165) is 9.87 Å². The number of amides is 2. The Morgan fingerprint density at radius 1 is 0.925 bits per heavy atom. The lowest BCUT2D eigenvalue weighted by Gasteiger charge is -2.32. The number of carbonyl (C=O) groups excluding carboxylic acids is 2. The van der Waals surface area contributed by atoms with Gasteiger partial charge in [-0.15, -0.1) is 0 Å². The molecular formula is C29H32Cl3N3O4S. The molecule has 2 atom stereocenters. The van der Waals surface area contributed by atoms with Crippen molar-refractivity contribution in [2.24, 2.45) is 0 Å². The Hall–Kier alpha value is -2.78. The van der Waals surface area contributed by atoms with E-state index in [2.05, 4.69) is 5.32 Å². The number of sulfonamides is 1. The zero-order chi connectivity index (χ0) is 29.6. The van der Waals surface area contributed by atoms with Crippen molar-refractivity contribution in [2.45, 2.75) is 57.6 Å². The lowest BCUT2D eigenvalue weighted by molar-refractivity contribution is -0.139. The zero-order valence-electron chi connectivity index (χ0n) is 22.7. The Bertz CT molecular complexity index is 1450. The van der Waals surface area contributed by atoms with Gasteiger partial charge in [0.1, 0.15) is 12.6 Å². The maximum Gasteiger partial charge on any atom is 0.264 e. The molecular weight excluding hydrogens is 593 g/mol. The lowest BCUT2D eigenvalue weighted by atomic mass is 10.1. The van der Waals surface area contributed by atoms with E-state index in [1.807, 2.05) is 20.8 Å². The lowest BCUT2D eigenvalue weighted by Crippen LogP contribution is -2.52. The Kier molecular flexibility index (Phi) is 10.9. The van der Waals surface area contributed by atoms with Crippen molar-refractivity contribution in [3.8, 4) is 0 Å². The van der Waals surface area contributed by atoms with Gasteiger partial charge in [-0.3, -0.25) is 13.9 Å². The van der Waals surface area contributed by atoms with E-state index in [4.69, 9.17) is 34.8 Å². The number of nitrogens with zero attached hydrogens (tertiary/aromatic N) is 2. The van der Waals surface area contributed by atoms with Crippen molar-refractivity contribution < 1.29 is 18.0 Å². The van der Waals surface area contributed by atoms with Crippen LogP contribution >= 0.6 is 34.8 Å². The molecule has 40 heavy (non-hydrogen) atoms. The van der Waals surface area contributed by atoms with Gasteiger partial charge in [-0.2, -0.15) is 0 Å². The second kappa shape index (κ2) is 13.7. The molecule has 3 rings (SSSR count). The first-order chi connectivity index (χ1) is 18.8. The van der Waals surface area contributed by atoms with E-state index in [1.165, 1.54) is 35.2 Å². The topological polar surface area (TPSA) is 86.8 Å². The van der Waals surface area contributed by atoms with Crippen LogP contribution in [-0.4, -0.2) is 43.8 Å². The number of rotatable bonds is 11. The summed E-state index contributed by atoms with van der Waals surface area (Å²) in [7, 11) is -4.24. The number of halogens is 3. The average molecular weight is 625 g/mol. The Labute approximate surface area is 251 Å². The van der Waals surface area contributed by atoms with Crippen molar-refractivity contribution in [1.29, 1.82) is 0 Å². The van der Waals surface area contributed by atoms with E-state index < -0.39 is 28.5 Å². The Balaban J connectivity index is 2.07. The van der Waals surface area contributed by atoms with Crippen molar-refractivity contribution >= 4 is 62.3 Å². The second-order valence-corrected chi connectivity index (χ2v) is 12.7. The molecule has 0 unspecified atom stereocenters. The Morgan fingerprint density at radius 2 is 1.52 bits per heavy atom. The molecule has 0 radical (unpaired) electrons. The quantitative estimate of drug-likeness (QED) is 0.265. The summed E-state index contributed by atoms with van der Waals surface area (Å²) in [5.41, 5.74) is 1.60. The number of hydrogen-bond donors (Lipinski definition) is 1. The normalized spacial score (nSPS) is 12.9. The molecule has 0 aliphatic heterocycles. The average Bonchev–Trinajstić information content (AvgIpc) is 2.90. The van der Waals surface area contributed by atoms with Crippen LogP contribution in [0.15, 0.2) is 71.6 Å². The molecule has 7 nitrogen and oxygen atoms in total. The summed E-state index contributed by atoms with van der Waals surface area (Å²) in [5.74, 6) is -0.980. The highest BCUT2D eigenvalue weighted by Crippen LogP contribution is 2.30. The smallest absolute Gasteiger partial charge is 0.264 e. The fraction of sp³-hybridized carbons (Fsp3) is 0.310. The third kappa shape index (κ3) is 7.91. The molecule has 0 aliphatic carbocycles. The van der Waals surface area contributed by atoms with Crippen molar-refractivity contribution in [2.75, 3.05) is 10.8 Å². The summed E-state index contributed by atoms with van der Waals surface area (Å²) >= 11 is 18.8. The minimum absolute atomic E-state index is 0.0116. The summed E-state index contributed by atoms with van der Waals surface area (Å²) in [4.78, 5) is 28.4. The van der Waals surface area contributed by atoms with Crippen LogP contribution < -0.4 is 9.62 Å². The van der Waals surface area contributed by atoms with Crippen LogP contribution in [0.5, 0.6) is 0 Å². The Morgan fingerprint density at radius 3 is 2.10 bits per heavy atom. The molecule has 0 aromatic heterocycles. The highest BCUT2D eigenvalue weighted by molar-refractivity contribution is 7.92. The predicted molar refractivity (Wildman–Crippen MR) is 162 cm³/mol. The van der Waals surface area contributed by atoms with Crippen LogP contribution in [0.3, 0.4) is 0 Å². The van der Waals surface area contributed by atoms with E-state index in [-0.39, 0.29) is 39.1 Å². The van der Waals surface area contributed by atoms with Crippen LogP contribution in [0.25, 0.3) is 0 Å². The highest BCUT2D eigenvalue weighted by Gasteiger charge is 2.33. The summed E-state index contributed by atoms with van der Waals surface area (Å²) in [6.45, 7) is 6.62. The van der Waals surface area contributed by atoms with Crippen molar-refractivity contribution in [3.63, 3.8) is 0 Å². The minimum atomic E-state index is -4.24. The van der Waals surface area contributed by atoms with Crippen LogP contribution in [0.2, 0.25) is 15.1 Å². The van der Waals surface area contributed by atoms with Gasteiger partial charge in [0.2, 0.25) is 11.8 Å². The molecule has 3 aromatic rings. The summed E-state index contributed by atoms with van der Waals surface area (Å²) in [5, 5.41) is 3.72. The zero-order valence-corrected chi connectivity index (χ0v) is 25.8. The SMILES string of the molecule is CC[C@@H](C)NC(=O)[C@H](C)N(Cc1ccccc1Cl)C(=O)CN(c1cc(Cl)cc(Cl)c1)S(=O)(=O)c1ccc(C)cc1. The van der Waals surface area contributed by atoms with Gasteiger partial charge in [0.05, 0.1) is 10.6 Å². The fourth-order valence-corrected chi connectivity index (χ4v) is 6.02. The van der Waals surface area contributed by atoms with Crippen molar-refractivity contribution in [1.82, 2.24) is 10.2 Å². The van der Waals surface area contributed by atoms with Crippen LogP contribution in [-0.2, 0) is 26.2 Å². The third-order valence-electron chi connectivity index (χ3n) is 6.49. The summed E-state index contributed by atoms with van der Waals surface area (Å²) in [6, 6.07) is 16.5. The molecule has 11 heteroatoms. The van der Waals surface area contributed by atoms with Crippen LogP contribution in [0.1, 0.15) is 38.3 Å². The number of carbonyl (C=O) groups is 2. The van der Waals surface area contributed by atoms with Crippen LogP contribution in [0.4, 0.5) is 5.69 Å². The van der Waals surface area contributed by atoms with Gasteiger partial charge < -0.3 is 10.2 Å². The second-order valence-electron chi connectivity index (χ2n) is 9.56. The largest absolute Gasteiger partial charge is 0.352 e. The molecule has 0 aliphatic rings. The summed E-state index contributed by atoms with van der Waals surface area (Å²) < 4.78 is 28.7. The van der Waals surface area contributed by atoms with E-state index in [9.17, 15) is 18.0 Å². The monoisotopic (exact) mass is 623 g/mol. The molecule has 214 valence electrons. The fourth-order valence-electron chi connectivity index (χ4n) is 3.91. The highest BCUT2D eigenvalue weighted by atomic mass is 35.5. The van der Waals surface area contributed by atoms with Gasteiger partial charge in [0, 0.05) is 27.7 Å². The number of anilines is 1. The molecule has 0 saturated heterocycles.